The van der Waals surface area contributed by atoms with Crippen LogP contribution in [0.3, 0.4) is 0 Å². The van der Waals surface area contributed by atoms with Gasteiger partial charge in [-0.1, -0.05) is 0 Å². The lowest BCUT2D eigenvalue weighted by Crippen LogP contribution is -2.33. The minimum Gasteiger partial charge on any atom is -0.349 e. The molecule has 0 aliphatic heterocycles. The maximum absolute atomic E-state index is 12.9. The van der Waals surface area contributed by atoms with Crippen molar-refractivity contribution in [2.75, 3.05) is 0 Å². The first-order valence-electron chi connectivity index (χ1n) is 5.51. The van der Waals surface area contributed by atoms with Crippen LogP contribution in [-0.4, -0.2) is 27.9 Å². The highest BCUT2D eigenvalue weighted by atomic mass is 19.1. The number of carbonyl (C=O) groups excluding carboxylic acids is 1. The SMILES string of the molecule is Cc1c(C(=O)NC2CCC(F)C2)cnn1C. The first-order chi connectivity index (χ1) is 7.58. The Kier molecular flexibility index (Phi) is 2.94. The quantitative estimate of drug-likeness (QED) is 0.825. The zero-order valence-electron chi connectivity index (χ0n) is 9.53. The lowest BCUT2D eigenvalue weighted by molar-refractivity contribution is 0.0936. The number of hydrogen-bond donors (Lipinski definition) is 1. The lowest BCUT2D eigenvalue weighted by atomic mass is 10.2. The van der Waals surface area contributed by atoms with Gasteiger partial charge in [-0.25, -0.2) is 4.39 Å². The number of hydrogen-bond acceptors (Lipinski definition) is 2. The van der Waals surface area contributed by atoms with Crippen molar-refractivity contribution in [1.29, 1.82) is 0 Å². The molecule has 2 rings (SSSR count). The van der Waals surface area contributed by atoms with Crippen LogP contribution in [0, 0.1) is 6.92 Å². The predicted molar refractivity (Wildman–Crippen MR) is 57.9 cm³/mol. The fraction of sp³-hybridized carbons (Fsp3) is 0.636. The number of aromatic nitrogens is 2. The number of halogens is 1. The van der Waals surface area contributed by atoms with Crippen LogP contribution in [0.15, 0.2) is 6.20 Å². The standard InChI is InChI=1S/C11H16FN3O/c1-7-10(6-13-15(7)2)11(16)14-9-4-3-8(12)5-9/h6,8-9H,3-5H2,1-2H3,(H,14,16). The number of rotatable bonds is 2. The molecule has 2 unspecified atom stereocenters. The summed E-state index contributed by atoms with van der Waals surface area (Å²) in [6.07, 6.45) is 2.50. The number of amides is 1. The Labute approximate surface area is 93.8 Å². The van der Waals surface area contributed by atoms with E-state index in [1.807, 2.05) is 6.92 Å². The summed E-state index contributed by atoms with van der Waals surface area (Å²) in [5.74, 6) is -0.148. The number of nitrogens with one attached hydrogen (secondary N) is 1. The van der Waals surface area contributed by atoms with Gasteiger partial charge < -0.3 is 5.32 Å². The Morgan fingerprint density at radius 2 is 2.38 bits per heavy atom. The van der Waals surface area contributed by atoms with Crippen molar-refractivity contribution >= 4 is 5.91 Å². The molecule has 16 heavy (non-hydrogen) atoms. The summed E-state index contributed by atoms with van der Waals surface area (Å²) in [5.41, 5.74) is 1.40. The molecular formula is C11H16FN3O. The van der Waals surface area contributed by atoms with Crippen LogP contribution in [0.5, 0.6) is 0 Å². The molecule has 0 bridgehead atoms. The van der Waals surface area contributed by atoms with Crippen LogP contribution in [-0.2, 0) is 7.05 Å². The van der Waals surface area contributed by atoms with E-state index in [1.165, 1.54) is 0 Å². The zero-order chi connectivity index (χ0) is 11.7. The largest absolute Gasteiger partial charge is 0.349 e. The number of carbonyl (C=O) groups is 1. The van der Waals surface area contributed by atoms with Crippen molar-refractivity contribution in [2.45, 2.75) is 38.4 Å². The van der Waals surface area contributed by atoms with Crippen LogP contribution in [0.2, 0.25) is 0 Å². The number of alkyl halides is 1. The topological polar surface area (TPSA) is 46.9 Å². The average Bonchev–Trinajstić information content (AvgIpc) is 2.76. The Balaban J connectivity index is 2.01. The van der Waals surface area contributed by atoms with Gasteiger partial charge in [0.25, 0.3) is 5.91 Å². The molecule has 5 heteroatoms. The summed E-state index contributed by atoms with van der Waals surface area (Å²) in [7, 11) is 1.79. The summed E-state index contributed by atoms with van der Waals surface area (Å²) in [4.78, 5) is 11.9. The summed E-state index contributed by atoms with van der Waals surface area (Å²) in [6, 6.07) is -0.0258. The van der Waals surface area contributed by atoms with E-state index in [0.29, 0.717) is 18.4 Å². The molecular weight excluding hydrogens is 209 g/mol. The van der Waals surface area contributed by atoms with Crippen LogP contribution in [0.4, 0.5) is 4.39 Å². The summed E-state index contributed by atoms with van der Waals surface area (Å²) in [6.45, 7) is 1.84. The van der Waals surface area contributed by atoms with Gasteiger partial charge in [0, 0.05) is 18.8 Å². The second-order valence-electron chi connectivity index (χ2n) is 4.35. The van der Waals surface area contributed by atoms with Crippen molar-refractivity contribution in [3.8, 4) is 0 Å². The second kappa shape index (κ2) is 4.23. The van der Waals surface area contributed by atoms with Gasteiger partial charge in [0.15, 0.2) is 0 Å². The molecule has 4 nitrogen and oxygen atoms in total. The second-order valence-corrected chi connectivity index (χ2v) is 4.35. The van der Waals surface area contributed by atoms with Crippen LogP contribution in [0.1, 0.15) is 35.3 Å². The molecule has 1 aliphatic rings. The average molecular weight is 225 g/mol. The third-order valence-corrected chi connectivity index (χ3v) is 3.18. The van der Waals surface area contributed by atoms with Crippen molar-refractivity contribution < 1.29 is 9.18 Å². The van der Waals surface area contributed by atoms with E-state index in [1.54, 1.807) is 17.9 Å². The van der Waals surface area contributed by atoms with Gasteiger partial charge >= 0.3 is 0 Å². The van der Waals surface area contributed by atoms with Gasteiger partial charge in [-0.05, 0) is 26.2 Å². The molecule has 1 saturated carbocycles. The van der Waals surface area contributed by atoms with Gasteiger partial charge in [0.1, 0.15) is 6.17 Å². The number of aryl methyl sites for hydroxylation is 1. The minimum absolute atomic E-state index is 0.0258. The number of nitrogens with zero attached hydrogens (tertiary/aromatic N) is 2. The Morgan fingerprint density at radius 1 is 1.62 bits per heavy atom. The van der Waals surface area contributed by atoms with Gasteiger partial charge in [0.05, 0.1) is 11.8 Å². The van der Waals surface area contributed by atoms with Gasteiger partial charge in [-0.3, -0.25) is 9.48 Å². The molecule has 1 amide bonds. The van der Waals surface area contributed by atoms with Crippen molar-refractivity contribution in [2.24, 2.45) is 7.05 Å². The summed E-state index contributed by atoms with van der Waals surface area (Å²) in [5, 5.41) is 6.86. The van der Waals surface area contributed by atoms with Crippen molar-refractivity contribution in [3.05, 3.63) is 17.5 Å². The van der Waals surface area contributed by atoms with E-state index in [4.69, 9.17) is 0 Å². The third-order valence-electron chi connectivity index (χ3n) is 3.18. The van der Waals surface area contributed by atoms with E-state index >= 15 is 0 Å². The molecule has 0 aromatic carbocycles. The van der Waals surface area contributed by atoms with Gasteiger partial charge in [0.2, 0.25) is 0 Å². The Morgan fingerprint density at radius 3 is 2.88 bits per heavy atom. The molecule has 1 N–H and O–H groups in total. The molecule has 1 fully saturated rings. The minimum atomic E-state index is -0.764. The lowest BCUT2D eigenvalue weighted by Gasteiger charge is -2.11. The Bertz CT molecular complexity index is 402. The molecule has 0 spiro atoms. The van der Waals surface area contributed by atoms with Crippen LogP contribution in [0.25, 0.3) is 0 Å². The summed E-state index contributed by atoms with van der Waals surface area (Å²) >= 11 is 0. The highest BCUT2D eigenvalue weighted by Crippen LogP contribution is 2.22. The fourth-order valence-electron chi connectivity index (χ4n) is 2.04. The molecule has 1 heterocycles. The van der Waals surface area contributed by atoms with Crippen LogP contribution >= 0.6 is 0 Å². The maximum Gasteiger partial charge on any atom is 0.254 e. The van der Waals surface area contributed by atoms with Gasteiger partial charge in [-0.2, -0.15) is 5.10 Å². The normalized spacial score (nSPS) is 24.7. The highest BCUT2D eigenvalue weighted by Gasteiger charge is 2.26. The van der Waals surface area contributed by atoms with E-state index in [0.717, 1.165) is 12.1 Å². The summed E-state index contributed by atoms with van der Waals surface area (Å²) < 4.78 is 14.6. The molecule has 1 aromatic heterocycles. The van der Waals surface area contributed by atoms with Crippen LogP contribution < -0.4 is 5.32 Å². The van der Waals surface area contributed by atoms with E-state index in [-0.39, 0.29) is 11.9 Å². The Hall–Kier alpha value is -1.39. The highest BCUT2D eigenvalue weighted by molar-refractivity contribution is 5.95. The molecule has 88 valence electrons. The first kappa shape index (κ1) is 11.1. The molecule has 1 aromatic rings. The molecule has 2 atom stereocenters. The van der Waals surface area contributed by atoms with Gasteiger partial charge in [-0.15, -0.1) is 0 Å². The predicted octanol–water partition coefficient (Wildman–Crippen LogP) is 1.35. The van der Waals surface area contributed by atoms with E-state index in [9.17, 15) is 9.18 Å². The molecule has 0 radical (unpaired) electrons. The van der Waals surface area contributed by atoms with E-state index in [2.05, 4.69) is 10.4 Å². The first-order valence-corrected chi connectivity index (χ1v) is 5.51. The fourth-order valence-corrected chi connectivity index (χ4v) is 2.04. The van der Waals surface area contributed by atoms with Crippen molar-refractivity contribution in [3.63, 3.8) is 0 Å². The monoisotopic (exact) mass is 225 g/mol. The zero-order valence-corrected chi connectivity index (χ0v) is 9.53. The maximum atomic E-state index is 12.9. The third kappa shape index (κ3) is 2.08. The van der Waals surface area contributed by atoms with Crippen molar-refractivity contribution in [1.82, 2.24) is 15.1 Å². The van der Waals surface area contributed by atoms with E-state index < -0.39 is 6.17 Å². The molecule has 0 saturated heterocycles. The smallest absolute Gasteiger partial charge is 0.254 e. The molecule has 1 aliphatic carbocycles.